The molecule has 7 nitrogen and oxygen atoms in total. The van der Waals surface area contributed by atoms with Gasteiger partial charge in [-0.15, -0.1) is 0 Å². The molecule has 2 aliphatic heterocycles. The molecular formula is C21H17ClO7. The first-order valence-electron chi connectivity index (χ1n) is 8.78. The Bertz CT molecular complexity index is 1040. The topological polar surface area (TPSA) is 80.3 Å². The van der Waals surface area contributed by atoms with Crippen molar-refractivity contribution in [2.24, 2.45) is 0 Å². The predicted octanol–water partition coefficient (Wildman–Crippen LogP) is 3.68. The van der Waals surface area contributed by atoms with Crippen molar-refractivity contribution in [2.45, 2.75) is 13.5 Å². The van der Waals surface area contributed by atoms with Crippen LogP contribution in [-0.4, -0.2) is 32.3 Å². The number of ether oxygens (including phenoxy) is 5. The zero-order valence-corrected chi connectivity index (χ0v) is 16.5. The average Bonchev–Trinajstić information content (AvgIpc) is 3.03. The van der Waals surface area contributed by atoms with Gasteiger partial charge >= 0.3 is 5.97 Å². The number of halogens is 1. The second-order valence-corrected chi connectivity index (χ2v) is 6.90. The fraction of sp³-hybridized carbons (Fsp3) is 0.238. The van der Waals surface area contributed by atoms with Gasteiger partial charge in [0, 0.05) is 21.7 Å². The fourth-order valence-corrected chi connectivity index (χ4v) is 3.43. The van der Waals surface area contributed by atoms with Gasteiger partial charge in [-0.25, -0.2) is 4.79 Å². The molecule has 2 aromatic carbocycles. The van der Waals surface area contributed by atoms with Crippen molar-refractivity contribution >= 4 is 29.4 Å². The van der Waals surface area contributed by atoms with Crippen LogP contribution < -0.4 is 14.2 Å². The number of fused-ring (bicyclic) bond motifs is 2. The zero-order valence-electron chi connectivity index (χ0n) is 15.7. The zero-order chi connectivity index (χ0) is 20.5. The van der Waals surface area contributed by atoms with E-state index in [1.165, 1.54) is 7.11 Å². The first-order valence-corrected chi connectivity index (χ1v) is 9.16. The lowest BCUT2D eigenvalue weighted by Crippen LogP contribution is -2.13. The average molecular weight is 417 g/mol. The maximum atomic E-state index is 12.8. The highest BCUT2D eigenvalue weighted by molar-refractivity contribution is 6.31. The van der Waals surface area contributed by atoms with Gasteiger partial charge in [0.1, 0.15) is 17.2 Å². The maximum absolute atomic E-state index is 12.8. The summed E-state index contributed by atoms with van der Waals surface area (Å²) in [6.07, 6.45) is 1.60. The Balaban J connectivity index is 1.66. The van der Waals surface area contributed by atoms with E-state index >= 15 is 0 Å². The van der Waals surface area contributed by atoms with Crippen LogP contribution in [0.25, 0.3) is 6.08 Å². The lowest BCUT2D eigenvalue weighted by atomic mass is 10.0. The summed E-state index contributed by atoms with van der Waals surface area (Å²) in [5, 5.41) is 0.502. The quantitative estimate of drug-likeness (QED) is 0.555. The van der Waals surface area contributed by atoms with Crippen molar-refractivity contribution in [3.05, 3.63) is 57.3 Å². The predicted molar refractivity (Wildman–Crippen MR) is 103 cm³/mol. The number of esters is 1. The highest BCUT2D eigenvalue weighted by atomic mass is 35.5. The smallest absolute Gasteiger partial charge is 0.343 e. The van der Waals surface area contributed by atoms with Crippen LogP contribution in [0.3, 0.4) is 0 Å². The van der Waals surface area contributed by atoms with Crippen molar-refractivity contribution in [2.75, 3.05) is 20.5 Å². The molecule has 2 aromatic rings. The Morgan fingerprint density at radius 3 is 2.90 bits per heavy atom. The van der Waals surface area contributed by atoms with E-state index in [0.29, 0.717) is 45.6 Å². The first kappa shape index (κ1) is 19.3. The van der Waals surface area contributed by atoms with Crippen LogP contribution in [0.15, 0.2) is 30.0 Å². The number of rotatable bonds is 4. The van der Waals surface area contributed by atoms with Gasteiger partial charge in [-0.2, -0.15) is 0 Å². The molecule has 2 aliphatic rings. The minimum atomic E-state index is -0.503. The Morgan fingerprint density at radius 2 is 2.10 bits per heavy atom. The molecule has 0 aromatic heterocycles. The summed E-state index contributed by atoms with van der Waals surface area (Å²) in [6, 6.07) is 6.70. The molecule has 0 saturated carbocycles. The minimum absolute atomic E-state index is 0.125. The number of hydrogen-bond acceptors (Lipinski definition) is 7. The standard InChI is InChI=1S/C21H17ClO7/c1-11-16(27-9-18(23)25-2)4-3-15-19(24)17(29-20(11)15)7-12-5-14(22)6-13-8-26-10-28-21(12)13/h3-7H,8-10H2,1-2H3/b17-7-. The third-order valence-electron chi connectivity index (χ3n) is 4.60. The molecular weight excluding hydrogens is 400 g/mol. The van der Waals surface area contributed by atoms with Crippen LogP contribution in [0.4, 0.5) is 0 Å². The number of benzene rings is 2. The molecule has 150 valence electrons. The largest absolute Gasteiger partial charge is 0.481 e. The molecule has 8 heteroatoms. The van der Waals surface area contributed by atoms with Crippen LogP contribution in [0, 0.1) is 6.92 Å². The molecule has 0 N–H and O–H groups in total. The Labute approximate surface area is 171 Å². The number of methoxy groups -OCH3 is 1. The normalized spacial score (nSPS) is 16.0. The van der Waals surface area contributed by atoms with E-state index in [4.69, 9.17) is 30.5 Å². The SMILES string of the molecule is COC(=O)COc1ccc2c(c1C)O/C(=C\c1cc(Cl)cc3c1OCOC3)C2=O. The molecule has 0 fully saturated rings. The Morgan fingerprint density at radius 1 is 1.28 bits per heavy atom. The summed E-state index contributed by atoms with van der Waals surface area (Å²) in [5.41, 5.74) is 2.46. The molecule has 0 atom stereocenters. The highest BCUT2D eigenvalue weighted by Crippen LogP contribution is 2.40. The molecule has 0 amide bonds. The minimum Gasteiger partial charge on any atom is -0.481 e. The summed E-state index contributed by atoms with van der Waals surface area (Å²) in [4.78, 5) is 24.1. The van der Waals surface area contributed by atoms with E-state index in [1.54, 1.807) is 37.3 Å². The third kappa shape index (κ3) is 3.66. The number of carbonyl (C=O) groups excluding carboxylic acids is 2. The molecule has 29 heavy (non-hydrogen) atoms. The summed E-state index contributed by atoms with van der Waals surface area (Å²) >= 11 is 6.19. The van der Waals surface area contributed by atoms with Gasteiger partial charge in [-0.3, -0.25) is 4.79 Å². The summed E-state index contributed by atoms with van der Waals surface area (Å²) in [7, 11) is 1.28. The lowest BCUT2D eigenvalue weighted by Gasteiger charge is -2.20. The summed E-state index contributed by atoms with van der Waals surface area (Å²) in [5.74, 6) is 0.820. The highest BCUT2D eigenvalue weighted by Gasteiger charge is 2.31. The molecule has 0 radical (unpaired) electrons. The molecule has 2 heterocycles. The van der Waals surface area contributed by atoms with Gasteiger partial charge in [0.15, 0.2) is 19.2 Å². The van der Waals surface area contributed by atoms with Crippen molar-refractivity contribution in [1.82, 2.24) is 0 Å². The van der Waals surface area contributed by atoms with Crippen LogP contribution in [0.1, 0.15) is 27.0 Å². The van der Waals surface area contributed by atoms with Gasteiger partial charge in [0.2, 0.25) is 5.78 Å². The molecule has 0 spiro atoms. The molecule has 0 unspecified atom stereocenters. The molecule has 0 bridgehead atoms. The van der Waals surface area contributed by atoms with Crippen LogP contribution in [0.5, 0.6) is 17.2 Å². The van der Waals surface area contributed by atoms with E-state index < -0.39 is 5.97 Å². The number of carbonyl (C=O) groups is 2. The second kappa shape index (κ2) is 7.77. The van der Waals surface area contributed by atoms with Gasteiger partial charge < -0.3 is 23.7 Å². The van der Waals surface area contributed by atoms with Gasteiger partial charge in [-0.1, -0.05) is 11.6 Å². The molecule has 0 aliphatic carbocycles. The maximum Gasteiger partial charge on any atom is 0.343 e. The van der Waals surface area contributed by atoms with E-state index in [-0.39, 0.29) is 24.9 Å². The summed E-state index contributed by atoms with van der Waals surface area (Å²) < 4.78 is 26.7. The van der Waals surface area contributed by atoms with Gasteiger partial charge in [0.05, 0.1) is 19.3 Å². The van der Waals surface area contributed by atoms with Crippen molar-refractivity contribution < 1.29 is 33.3 Å². The number of Topliss-reactive ketones (excluding diaryl/α,β-unsaturated/α-hetero) is 1. The van der Waals surface area contributed by atoms with E-state index in [0.717, 1.165) is 5.56 Å². The monoisotopic (exact) mass is 416 g/mol. The van der Waals surface area contributed by atoms with Gasteiger partial charge in [0.25, 0.3) is 0 Å². The third-order valence-corrected chi connectivity index (χ3v) is 4.82. The Kier molecular flexibility index (Phi) is 5.17. The fourth-order valence-electron chi connectivity index (χ4n) is 3.18. The second-order valence-electron chi connectivity index (χ2n) is 6.46. The van der Waals surface area contributed by atoms with E-state index in [1.807, 2.05) is 0 Å². The first-order chi connectivity index (χ1) is 14.0. The van der Waals surface area contributed by atoms with Crippen molar-refractivity contribution in [1.29, 1.82) is 0 Å². The Hall–Kier alpha value is -3.03. The lowest BCUT2D eigenvalue weighted by molar-refractivity contribution is -0.142. The number of ketones is 1. The number of hydrogen-bond donors (Lipinski definition) is 0. The van der Waals surface area contributed by atoms with Crippen LogP contribution in [0.2, 0.25) is 5.02 Å². The number of allylic oxidation sites excluding steroid dienone is 1. The molecule has 0 saturated heterocycles. The van der Waals surface area contributed by atoms with Crippen molar-refractivity contribution in [3.8, 4) is 17.2 Å². The van der Waals surface area contributed by atoms with E-state index in [2.05, 4.69) is 4.74 Å². The van der Waals surface area contributed by atoms with Crippen LogP contribution >= 0.6 is 11.6 Å². The van der Waals surface area contributed by atoms with Crippen molar-refractivity contribution in [3.63, 3.8) is 0 Å². The van der Waals surface area contributed by atoms with Crippen LogP contribution in [-0.2, 0) is 20.9 Å². The van der Waals surface area contributed by atoms with E-state index in [9.17, 15) is 9.59 Å². The van der Waals surface area contributed by atoms with Gasteiger partial charge in [-0.05, 0) is 37.3 Å². The summed E-state index contributed by atoms with van der Waals surface area (Å²) in [6.45, 7) is 2.02. The molecule has 4 rings (SSSR count).